The van der Waals surface area contributed by atoms with E-state index in [0.29, 0.717) is 12.3 Å². The molecule has 132 valence electrons. The average molecular weight is 359 g/mol. The second-order valence-electron chi connectivity index (χ2n) is 6.41. The minimum absolute atomic E-state index is 0.0353. The number of carbonyl (C=O) groups excluding carboxylic acids is 1. The van der Waals surface area contributed by atoms with Gasteiger partial charge in [0.05, 0.1) is 12.1 Å². The molecule has 1 amide bonds. The molecule has 0 saturated carbocycles. The lowest BCUT2D eigenvalue weighted by molar-refractivity contribution is -0.120. The first-order valence-electron chi connectivity index (χ1n) is 8.60. The molecule has 3 heterocycles. The Balaban J connectivity index is 1.34. The van der Waals surface area contributed by atoms with Gasteiger partial charge in [0.1, 0.15) is 5.01 Å². The van der Waals surface area contributed by atoms with E-state index in [1.165, 1.54) is 24.2 Å². The summed E-state index contributed by atoms with van der Waals surface area (Å²) in [5.74, 6) is 2.08. The number of thiazole rings is 1. The predicted octanol–water partition coefficient (Wildman–Crippen LogP) is 2.20. The molecule has 1 aromatic carbocycles. The van der Waals surface area contributed by atoms with E-state index in [9.17, 15) is 4.79 Å². The van der Waals surface area contributed by atoms with Crippen LogP contribution >= 0.6 is 11.3 Å². The van der Waals surface area contributed by atoms with Crippen molar-refractivity contribution in [2.45, 2.75) is 19.3 Å². The largest absolute Gasteiger partial charge is 0.454 e. The van der Waals surface area contributed by atoms with Crippen molar-refractivity contribution >= 4 is 17.2 Å². The molecule has 0 radical (unpaired) electrons. The number of benzene rings is 1. The number of aromatic nitrogens is 1. The van der Waals surface area contributed by atoms with Crippen LogP contribution in [-0.4, -0.2) is 37.3 Å². The molecule has 7 heteroatoms. The summed E-state index contributed by atoms with van der Waals surface area (Å²) in [4.78, 5) is 16.7. The van der Waals surface area contributed by atoms with Gasteiger partial charge in [0.2, 0.25) is 12.7 Å². The van der Waals surface area contributed by atoms with Crippen LogP contribution in [0.15, 0.2) is 23.6 Å². The van der Waals surface area contributed by atoms with Gasteiger partial charge in [0, 0.05) is 17.5 Å². The Hall–Kier alpha value is -2.12. The molecule has 2 N–H and O–H groups in total. The summed E-state index contributed by atoms with van der Waals surface area (Å²) in [7, 11) is 0. The van der Waals surface area contributed by atoms with Gasteiger partial charge in [0.25, 0.3) is 0 Å². The molecule has 6 nitrogen and oxygen atoms in total. The quantitative estimate of drug-likeness (QED) is 0.856. The standard InChI is InChI=1S/C18H21N3O3S/c22-17(20-9-12-2-1-5-19-8-12)7-14-10-25-18(21-14)13-3-4-15-16(6-13)24-11-23-15/h3-4,6,10,12,19H,1-2,5,7-9,11H2,(H,20,22). The monoisotopic (exact) mass is 359 g/mol. The highest BCUT2D eigenvalue weighted by atomic mass is 32.1. The molecule has 0 bridgehead atoms. The fraction of sp³-hybridized carbons (Fsp3) is 0.444. The van der Waals surface area contributed by atoms with Crippen LogP contribution < -0.4 is 20.1 Å². The number of amides is 1. The minimum Gasteiger partial charge on any atom is -0.454 e. The van der Waals surface area contributed by atoms with Crippen LogP contribution in [0.2, 0.25) is 0 Å². The summed E-state index contributed by atoms with van der Waals surface area (Å²) in [5.41, 5.74) is 1.78. The maximum Gasteiger partial charge on any atom is 0.231 e. The number of nitrogens with zero attached hydrogens (tertiary/aromatic N) is 1. The Morgan fingerprint density at radius 3 is 3.16 bits per heavy atom. The fourth-order valence-electron chi connectivity index (χ4n) is 3.13. The highest BCUT2D eigenvalue weighted by Gasteiger charge is 2.17. The fourth-order valence-corrected chi connectivity index (χ4v) is 3.95. The number of piperidine rings is 1. The lowest BCUT2D eigenvalue weighted by Gasteiger charge is -2.22. The number of hydrogen-bond acceptors (Lipinski definition) is 6. The molecule has 2 aliphatic rings. The topological polar surface area (TPSA) is 72.5 Å². The smallest absolute Gasteiger partial charge is 0.231 e. The summed E-state index contributed by atoms with van der Waals surface area (Å²) in [6.45, 7) is 3.08. The molecule has 1 fully saturated rings. The number of rotatable bonds is 5. The molecule has 1 atom stereocenters. The van der Waals surface area contributed by atoms with E-state index in [-0.39, 0.29) is 12.7 Å². The van der Waals surface area contributed by atoms with Gasteiger partial charge in [-0.15, -0.1) is 11.3 Å². The Morgan fingerprint density at radius 1 is 1.36 bits per heavy atom. The van der Waals surface area contributed by atoms with E-state index < -0.39 is 0 Å². The zero-order chi connectivity index (χ0) is 17.1. The van der Waals surface area contributed by atoms with Crippen molar-refractivity contribution in [2.24, 2.45) is 5.92 Å². The van der Waals surface area contributed by atoms with Crippen LogP contribution in [-0.2, 0) is 11.2 Å². The van der Waals surface area contributed by atoms with Gasteiger partial charge in [0.15, 0.2) is 11.5 Å². The number of hydrogen-bond donors (Lipinski definition) is 2. The van der Waals surface area contributed by atoms with Crippen LogP contribution in [0.5, 0.6) is 11.5 Å². The summed E-state index contributed by atoms with van der Waals surface area (Å²) in [5, 5.41) is 9.23. The van der Waals surface area contributed by atoms with Gasteiger partial charge in [-0.2, -0.15) is 0 Å². The maximum absolute atomic E-state index is 12.2. The third kappa shape index (κ3) is 3.93. The zero-order valence-corrected chi connectivity index (χ0v) is 14.7. The molecule has 1 saturated heterocycles. The van der Waals surface area contributed by atoms with Gasteiger partial charge in [-0.25, -0.2) is 4.98 Å². The van der Waals surface area contributed by atoms with Crippen molar-refractivity contribution in [2.75, 3.05) is 26.4 Å². The summed E-state index contributed by atoms with van der Waals surface area (Å²) in [6, 6.07) is 5.79. The van der Waals surface area contributed by atoms with Gasteiger partial charge in [-0.3, -0.25) is 4.79 Å². The first kappa shape index (κ1) is 16.4. The minimum atomic E-state index is 0.0353. The van der Waals surface area contributed by atoms with E-state index in [1.54, 1.807) is 0 Å². The molecular formula is C18H21N3O3S. The van der Waals surface area contributed by atoms with Crippen molar-refractivity contribution < 1.29 is 14.3 Å². The Labute approximate surface area is 150 Å². The molecule has 25 heavy (non-hydrogen) atoms. The number of carbonyl (C=O) groups is 1. The van der Waals surface area contributed by atoms with Crippen LogP contribution in [0.1, 0.15) is 18.5 Å². The molecule has 0 aliphatic carbocycles. The van der Waals surface area contributed by atoms with E-state index in [0.717, 1.165) is 47.4 Å². The van der Waals surface area contributed by atoms with Crippen molar-refractivity contribution in [1.29, 1.82) is 0 Å². The molecule has 1 aromatic heterocycles. The average Bonchev–Trinajstić information content (AvgIpc) is 3.29. The third-order valence-corrected chi connectivity index (χ3v) is 5.44. The first-order valence-corrected chi connectivity index (χ1v) is 9.48. The molecule has 2 aromatic rings. The van der Waals surface area contributed by atoms with Gasteiger partial charge >= 0.3 is 0 Å². The van der Waals surface area contributed by atoms with Crippen molar-refractivity contribution in [1.82, 2.24) is 15.6 Å². The van der Waals surface area contributed by atoms with Crippen LogP contribution in [0.3, 0.4) is 0 Å². The molecular weight excluding hydrogens is 338 g/mol. The highest BCUT2D eigenvalue weighted by Crippen LogP contribution is 2.36. The lowest BCUT2D eigenvalue weighted by atomic mass is 10.00. The summed E-state index contributed by atoms with van der Waals surface area (Å²) >= 11 is 1.54. The van der Waals surface area contributed by atoms with Crippen LogP contribution in [0, 0.1) is 5.92 Å². The summed E-state index contributed by atoms with van der Waals surface area (Å²) < 4.78 is 10.7. The van der Waals surface area contributed by atoms with Crippen molar-refractivity contribution in [3.05, 3.63) is 29.3 Å². The lowest BCUT2D eigenvalue weighted by Crippen LogP contribution is -2.38. The van der Waals surface area contributed by atoms with Crippen LogP contribution in [0.4, 0.5) is 0 Å². The SMILES string of the molecule is O=C(Cc1csc(-c2ccc3c(c2)OCO3)n1)NCC1CCCNC1. The van der Waals surface area contributed by atoms with E-state index in [2.05, 4.69) is 15.6 Å². The zero-order valence-electron chi connectivity index (χ0n) is 13.9. The molecule has 0 spiro atoms. The number of nitrogens with one attached hydrogen (secondary N) is 2. The van der Waals surface area contributed by atoms with E-state index in [4.69, 9.17) is 9.47 Å². The van der Waals surface area contributed by atoms with Crippen LogP contribution in [0.25, 0.3) is 10.6 Å². The predicted molar refractivity (Wildman–Crippen MR) is 96.0 cm³/mol. The third-order valence-electron chi connectivity index (χ3n) is 4.50. The second-order valence-corrected chi connectivity index (χ2v) is 7.26. The molecule has 4 rings (SSSR count). The first-order chi connectivity index (χ1) is 12.3. The van der Waals surface area contributed by atoms with Gasteiger partial charge in [-0.1, -0.05) is 0 Å². The number of fused-ring (bicyclic) bond motifs is 1. The Morgan fingerprint density at radius 2 is 2.28 bits per heavy atom. The van der Waals surface area contributed by atoms with Gasteiger partial charge < -0.3 is 20.1 Å². The molecule has 2 aliphatic heterocycles. The number of ether oxygens (including phenoxy) is 2. The van der Waals surface area contributed by atoms with Gasteiger partial charge in [-0.05, 0) is 50.0 Å². The Kier molecular flexibility index (Phi) is 4.85. The van der Waals surface area contributed by atoms with E-state index in [1.807, 2.05) is 23.6 Å². The Bertz CT molecular complexity index is 756. The maximum atomic E-state index is 12.2. The second kappa shape index (κ2) is 7.41. The van der Waals surface area contributed by atoms with Crippen molar-refractivity contribution in [3.63, 3.8) is 0 Å². The summed E-state index contributed by atoms with van der Waals surface area (Å²) in [6.07, 6.45) is 2.69. The normalized spacial score (nSPS) is 19.0. The van der Waals surface area contributed by atoms with Crippen molar-refractivity contribution in [3.8, 4) is 22.1 Å². The highest BCUT2D eigenvalue weighted by molar-refractivity contribution is 7.13. The van der Waals surface area contributed by atoms with E-state index >= 15 is 0 Å². The molecule has 1 unspecified atom stereocenters.